The van der Waals surface area contributed by atoms with Crippen molar-refractivity contribution in [1.29, 1.82) is 0 Å². The van der Waals surface area contributed by atoms with E-state index in [0.717, 1.165) is 16.8 Å². The third-order valence-electron chi connectivity index (χ3n) is 3.26. The third-order valence-corrected chi connectivity index (χ3v) is 3.26. The van der Waals surface area contributed by atoms with E-state index in [-0.39, 0.29) is 11.0 Å². The van der Waals surface area contributed by atoms with Crippen molar-refractivity contribution in [3.05, 3.63) is 46.6 Å². The number of pyridine rings is 2. The minimum atomic E-state index is -0.150. The van der Waals surface area contributed by atoms with E-state index < -0.39 is 0 Å². The second-order valence-electron chi connectivity index (χ2n) is 5.85. The Kier molecular flexibility index (Phi) is 2.71. The van der Waals surface area contributed by atoms with Crippen LogP contribution in [0, 0.1) is 0 Å². The number of aromatic nitrogens is 4. The van der Waals surface area contributed by atoms with Crippen LogP contribution < -0.4 is 5.56 Å². The fourth-order valence-corrected chi connectivity index (χ4v) is 2.29. The lowest BCUT2D eigenvalue weighted by atomic mass is 9.86. The zero-order chi connectivity index (χ0) is 14.3. The van der Waals surface area contributed by atoms with Crippen LogP contribution in [-0.4, -0.2) is 20.2 Å². The highest BCUT2D eigenvalue weighted by Gasteiger charge is 2.22. The van der Waals surface area contributed by atoms with E-state index >= 15 is 0 Å². The highest BCUT2D eigenvalue weighted by Crippen LogP contribution is 2.32. The molecule has 0 aliphatic carbocycles. The predicted octanol–water partition coefficient (Wildman–Crippen LogP) is 2.61. The van der Waals surface area contributed by atoms with Crippen molar-refractivity contribution in [1.82, 2.24) is 20.2 Å². The molecule has 3 aromatic heterocycles. The SMILES string of the molecule is CC(C)(C)c1nc2[nH][nH]c(=O)c2cc1-c1ccncc1. The maximum atomic E-state index is 11.8. The van der Waals surface area contributed by atoms with Crippen LogP contribution in [0.25, 0.3) is 22.2 Å². The van der Waals surface area contributed by atoms with Gasteiger partial charge in [0.15, 0.2) is 5.65 Å². The molecule has 20 heavy (non-hydrogen) atoms. The molecule has 3 rings (SSSR count). The minimum Gasteiger partial charge on any atom is -0.281 e. The second kappa shape index (κ2) is 4.30. The normalized spacial score (nSPS) is 11.9. The molecule has 0 aliphatic heterocycles. The van der Waals surface area contributed by atoms with Crippen LogP contribution in [0.4, 0.5) is 0 Å². The van der Waals surface area contributed by atoms with Crippen molar-refractivity contribution in [2.75, 3.05) is 0 Å². The highest BCUT2D eigenvalue weighted by atomic mass is 16.1. The first-order valence-corrected chi connectivity index (χ1v) is 6.49. The molecule has 0 fully saturated rings. The smallest absolute Gasteiger partial charge is 0.273 e. The molecule has 0 bridgehead atoms. The number of hydrogen-bond acceptors (Lipinski definition) is 3. The summed E-state index contributed by atoms with van der Waals surface area (Å²) in [5.74, 6) is 0. The highest BCUT2D eigenvalue weighted by molar-refractivity contribution is 5.82. The summed E-state index contributed by atoms with van der Waals surface area (Å²) in [4.78, 5) is 20.5. The molecule has 0 atom stereocenters. The van der Waals surface area contributed by atoms with Crippen molar-refractivity contribution in [2.24, 2.45) is 0 Å². The lowest BCUT2D eigenvalue weighted by Gasteiger charge is -2.21. The summed E-state index contributed by atoms with van der Waals surface area (Å²) < 4.78 is 0. The third kappa shape index (κ3) is 2.01. The summed E-state index contributed by atoms with van der Waals surface area (Å²) in [6.07, 6.45) is 3.49. The van der Waals surface area contributed by atoms with Crippen LogP contribution in [0.5, 0.6) is 0 Å². The Hall–Kier alpha value is -2.43. The Labute approximate surface area is 116 Å². The standard InChI is InChI=1S/C15H16N4O/c1-15(2,3)12-10(9-4-6-16-7-5-9)8-11-13(17-12)18-19-14(11)20/h4-8H,1-3H3,(H2,17,18,19,20). The average Bonchev–Trinajstić information content (AvgIpc) is 2.79. The van der Waals surface area contributed by atoms with Crippen molar-refractivity contribution < 1.29 is 0 Å². The van der Waals surface area contributed by atoms with E-state index in [1.807, 2.05) is 18.2 Å². The lowest BCUT2D eigenvalue weighted by Crippen LogP contribution is -2.15. The van der Waals surface area contributed by atoms with Gasteiger partial charge < -0.3 is 0 Å². The van der Waals surface area contributed by atoms with Crippen LogP contribution in [0.15, 0.2) is 35.4 Å². The molecule has 0 aromatic carbocycles. The first kappa shape index (κ1) is 12.6. The van der Waals surface area contributed by atoms with Crippen LogP contribution in [-0.2, 0) is 5.41 Å². The number of nitrogens with one attached hydrogen (secondary N) is 2. The Morgan fingerprint density at radius 2 is 1.80 bits per heavy atom. The van der Waals surface area contributed by atoms with Crippen LogP contribution in [0.2, 0.25) is 0 Å². The number of H-pyrrole nitrogens is 2. The Bertz CT molecular complexity index is 809. The first-order chi connectivity index (χ1) is 9.47. The molecule has 3 aromatic rings. The minimum absolute atomic E-state index is 0.124. The van der Waals surface area contributed by atoms with Gasteiger partial charge in [-0.1, -0.05) is 20.8 Å². The van der Waals surface area contributed by atoms with E-state index in [0.29, 0.717) is 11.0 Å². The molecule has 0 saturated carbocycles. The molecule has 0 aliphatic rings. The Balaban J connectivity index is 2.38. The number of hydrogen-bond donors (Lipinski definition) is 2. The predicted molar refractivity (Wildman–Crippen MR) is 78.6 cm³/mol. The van der Waals surface area contributed by atoms with Crippen molar-refractivity contribution in [3.63, 3.8) is 0 Å². The van der Waals surface area contributed by atoms with E-state index in [4.69, 9.17) is 0 Å². The molecule has 0 spiro atoms. The van der Waals surface area contributed by atoms with Gasteiger partial charge in [-0.3, -0.25) is 20.0 Å². The van der Waals surface area contributed by atoms with E-state index in [1.165, 1.54) is 0 Å². The Morgan fingerprint density at radius 1 is 1.10 bits per heavy atom. The van der Waals surface area contributed by atoms with Crippen LogP contribution >= 0.6 is 0 Å². The lowest BCUT2D eigenvalue weighted by molar-refractivity contribution is 0.573. The summed E-state index contributed by atoms with van der Waals surface area (Å²) >= 11 is 0. The molecule has 5 heteroatoms. The van der Waals surface area contributed by atoms with Gasteiger partial charge in [-0.05, 0) is 23.8 Å². The average molecular weight is 268 g/mol. The summed E-state index contributed by atoms with van der Waals surface area (Å²) in [7, 11) is 0. The fourth-order valence-electron chi connectivity index (χ4n) is 2.29. The number of nitrogens with zero attached hydrogens (tertiary/aromatic N) is 2. The first-order valence-electron chi connectivity index (χ1n) is 6.49. The summed E-state index contributed by atoms with van der Waals surface area (Å²) in [6.45, 7) is 6.32. The van der Waals surface area contributed by atoms with Gasteiger partial charge in [0.05, 0.1) is 11.1 Å². The van der Waals surface area contributed by atoms with Gasteiger partial charge in [0.25, 0.3) is 5.56 Å². The van der Waals surface area contributed by atoms with Gasteiger partial charge in [-0.2, -0.15) is 0 Å². The van der Waals surface area contributed by atoms with Gasteiger partial charge in [0, 0.05) is 23.4 Å². The zero-order valence-corrected chi connectivity index (χ0v) is 11.7. The van der Waals surface area contributed by atoms with E-state index in [9.17, 15) is 4.79 Å². The zero-order valence-electron chi connectivity index (χ0n) is 11.7. The van der Waals surface area contributed by atoms with Gasteiger partial charge in [-0.25, -0.2) is 4.98 Å². The topological polar surface area (TPSA) is 74.4 Å². The van der Waals surface area contributed by atoms with Crippen molar-refractivity contribution in [3.8, 4) is 11.1 Å². The van der Waals surface area contributed by atoms with E-state index in [2.05, 4.69) is 40.9 Å². The van der Waals surface area contributed by atoms with Crippen LogP contribution in [0.1, 0.15) is 26.5 Å². The molecule has 5 nitrogen and oxygen atoms in total. The van der Waals surface area contributed by atoms with Crippen molar-refractivity contribution in [2.45, 2.75) is 26.2 Å². The largest absolute Gasteiger partial charge is 0.281 e. The fraction of sp³-hybridized carbons (Fsp3) is 0.267. The van der Waals surface area contributed by atoms with Crippen molar-refractivity contribution >= 4 is 11.0 Å². The molecule has 0 radical (unpaired) electrons. The molecule has 3 heterocycles. The monoisotopic (exact) mass is 268 g/mol. The second-order valence-corrected chi connectivity index (χ2v) is 5.85. The summed E-state index contributed by atoms with van der Waals surface area (Å²) in [5.41, 5.74) is 3.26. The van der Waals surface area contributed by atoms with Gasteiger partial charge in [-0.15, -0.1) is 0 Å². The molecular weight excluding hydrogens is 252 g/mol. The maximum absolute atomic E-state index is 11.8. The number of fused-ring (bicyclic) bond motifs is 1. The van der Waals surface area contributed by atoms with Gasteiger partial charge in [0.2, 0.25) is 0 Å². The molecule has 0 amide bonds. The quantitative estimate of drug-likeness (QED) is 0.712. The van der Waals surface area contributed by atoms with Gasteiger partial charge in [0.1, 0.15) is 0 Å². The van der Waals surface area contributed by atoms with Gasteiger partial charge >= 0.3 is 0 Å². The number of aromatic amines is 2. The Morgan fingerprint density at radius 3 is 2.45 bits per heavy atom. The maximum Gasteiger partial charge on any atom is 0.273 e. The van der Waals surface area contributed by atoms with Crippen LogP contribution in [0.3, 0.4) is 0 Å². The molecule has 102 valence electrons. The molecule has 0 unspecified atom stereocenters. The molecular formula is C15H16N4O. The molecule has 2 N–H and O–H groups in total. The molecule has 0 saturated heterocycles. The summed E-state index contributed by atoms with van der Waals surface area (Å²) in [6, 6.07) is 5.76. The summed E-state index contributed by atoms with van der Waals surface area (Å²) in [5, 5.41) is 5.97. The number of rotatable bonds is 1. The van der Waals surface area contributed by atoms with E-state index in [1.54, 1.807) is 12.4 Å².